The summed E-state index contributed by atoms with van der Waals surface area (Å²) in [5.41, 5.74) is 18.8. The van der Waals surface area contributed by atoms with Gasteiger partial charge in [0.15, 0.2) is 0 Å². The Bertz CT molecular complexity index is 4470. The highest BCUT2D eigenvalue weighted by Gasteiger charge is 2.52. The lowest BCUT2D eigenvalue weighted by molar-refractivity contribution is 0.719. The standard InChI is InChI=1S/C65H39N5S/c1-7-21-55-45(14-1)46-15-2-8-22-56(46)68(55)42-29-31-43(32-30-42)69-59-25-11-5-18-49(59)50-36-40(27-33-60(50)69)41-28-34-62-53(37-41)65(51-19-6-12-26-61(51)71-62)52-20-13-35-66-63(52)64-54(65)38-44(39-67-64)70-57-23-9-3-16-47(57)48-17-4-10-24-58(48)70/h1-39H. The largest absolute Gasteiger partial charge is 0.309 e. The molecule has 9 aromatic carbocycles. The first-order chi connectivity index (χ1) is 35.2. The van der Waals surface area contributed by atoms with Gasteiger partial charge in [-0.15, -0.1) is 0 Å². The average molecular weight is 922 g/mol. The van der Waals surface area contributed by atoms with Crippen molar-refractivity contribution in [3.05, 3.63) is 259 Å². The highest BCUT2D eigenvalue weighted by atomic mass is 32.2. The molecule has 330 valence electrons. The van der Waals surface area contributed by atoms with Crippen LogP contribution in [0.5, 0.6) is 0 Å². The Balaban J connectivity index is 0.872. The second-order valence-electron chi connectivity index (χ2n) is 18.9. The third-order valence-corrected chi connectivity index (χ3v) is 16.6. The Morgan fingerprint density at radius 2 is 0.761 bits per heavy atom. The van der Waals surface area contributed by atoms with Gasteiger partial charge in [-0.05, 0) is 125 Å². The fraction of sp³-hybridized carbons (Fsp3) is 0.0154. The Labute approximate surface area is 412 Å². The Morgan fingerprint density at radius 1 is 0.310 bits per heavy atom. The number of benzene rings is 9. The van der Waals surface area contributed by atoms with Crippen LogP contribution >= 0.6 is 11.8 Å². The van der Waals surface area contributed by atoms with Gasteiger partial charge in [0.05, 0.1) is 61.8 Å². The summed E-state index contributed by atoms with van der Waals surface area (Å²) in [7, 11) is 0. The summed E-state index contributed by atoms with van der Waals surface area (Å²) in [5.74, 6) is 0. The van der Waals surface area contributed by atoms with Crippen molar-refractivity contribution in [2.75, 3.05) is 0 Å². The van der Waals surface area contributed by atoms with Crippen LogP contribution in [0.1, 0.15) is 22.3 Å². The molecular weight excluding hydrogens is 883 g/mol. The molecule has 0 saturated heterocycles. The van der Waals surface area contributed by atoms with Crippen LogP contribution in [0.4, 0.5) is 0 Å². The van der Waals surface area contributed by atoms with Crippen molar-refractivity contribution in [2.24, 2.45) is 0 Å². The van der Waals surface area contributed by atoms with E-state index in [9.17, 15) is 0 Å². The topological polar surface area (TPSA) is 40.6 Å². The molecule has 1 unspecified atom stereocenters. The molecule has 1 aliphatic heterocycles. The van der Waals surface area contributed by atoms with Crippen molar-refractivity contribution in [1.29, 1.82) is 0 Å². The number of fused-ring (bicyclic) bond motifs is 18. The van der Waals surface area contributed by atoms with E-state index in [0.29, 0.717) is 0 Å². The van der Waals surface area contributed by atoms with E-state index in [1.807, 2.05) is 24.2 Å². The molecule has 0 radical (unpaired) electrons. The Hall–Kier alpha value is -8.97. The summed E-state index contributed by atoms with van der Waals surface area (Å²) in [6, 6.07) is 82.6. The molecule has 1 spiro atoms. The molecule has 0 amide bonds. The van der Waals surface area contributed by atoms with Crippen LogP contribution in [0.2, 0.25) is 0 Å². The number of hydrogen-bond acceptors (Lipinski definition) is 3. The van der Waals surface area contributed by atoms with Crippen molar-refractivity contribution in [3.63, 3.8) is 0 Å². The summed E-state index contributed by atoms with van der Waals surface area (Å²) in [5, 5.41) is 7.43. The SMILES string of the molecule is c1ccc2c(c1)Sc1ccc(-c3ccc4c(c3)c3ccccc3n4-c3ccc(-n4c5ccccc5c5ccccc54)cc3)cc1C21c2cccnc2-c2ncc(-n3c4ccccc4c4ccccc43)cc21. The third-order valence-electron chi connectivity index (χ3n) is 15.4. The molecule has 0 fully saturated rings. The molecule has 1 atom stereocenters. The van der Waals surface area contributed by atoms with Crippen molar-refractivity contribution in [2.45, 2.75) is 15.2 Å². The molecule has 2 aliphatic rings. The molecule has 6 heterocycles. The average Bonchev–Trinajstić information content (AvgIpc) is 4.15. The predicted octanol–water partition coefficient (Wildman–Crippen LogP) is 16.3. The maximum absolute atomic E-state index is 5.38. The minimum absolute atomic E-state index is 0.667. The van der Waals surface area contributed by atoms with Crippen molar-refractivity contribution in [1.82, 2.24) is 23.7 Å². The summed E-state index contributed by atoms with van der Waals surface area (Å²) < 4.78 is 7.18. The lowest BCUT2D eigenvalue weighted by Crippen LogP contribution is -2.32. The predicted molar refractivity (Wildman–Crippen MR) is 292 cm³/mol. The maximum Gasteiger partial charge on any atom is 0.0939 e. The van der Waals surface area contributed by atoms with E-state index in [1.54, 1.807) is 0 Å². The summed E-state index contributed by atoms with van der Waals surface area (Å²) in [4.78, 5) is 13.0. The zero-order valence-electron chi connectivity index (χ0n) is 38.2. The molecular formula is C65H39N5S. The minimum Gasteiger partial charge on any atom is -0.309 e. The summed E-state index contributed by atoms with van der Waals surface area (Å²) >= 11 is 1.86. The molecule has 5 nitrogen and oxygen atoms in total. The Morgan fingerprint density at radius 3 is 1.37 bits per heavy atom. The maximum atomic E-state index is 5.38. The fourth-order valence-electron chi connectivity index (χ4n) is 12.5. The van der Waals surface area contributed by atoms with Crippen molar-refractivity contribution < 1.29 is 0 Å². The quantitative estimate of drug-likeness (QED) is 0.177. The minimum atomic E-state index is -0.667. The van der Waals surface area contributed by atoms with E-state index in [2.05, 4.69) is 238 Å². The van der Waals surface area contributed by atoms with Gasteiger partial charge in [-0.1, -0.05) is 139 Å². The zero-order chi connectivity index (χ0) is 46.4. The van der Waals surface area contributed by atoms with Crippen molar-refractivity contribution in [3.8, 4) is 39.6 Å². The van der Waals surface area contributed by atoms with Gasteiger partial charge in [0.1, 0.15) is 0 Å². The van der Waals surface area contributed by atoms with Crippen LogP contribution in [0.25, 0.3) is 105 Å². The van der Waals surface area contributed by atoms with E-state index >= 15 is 0 Å². The number of para-hydroxylation sites is 5. The van der Waals surface area contributed by atoms with Gasteiger partial charge in [-0.3, -0.25) is 9.97 Å². The Kier molecular flexibility index (Phi) is 7.97. The van der Waals surface area contributed by atoms with Gasteiger partial charge in [0.2, 0.25) is 0 Å². The third kappa shape index (κ3) is 5.26. The first-order valence-corrected chi connectivity index (χ1v) is 25.0. The smallest absolute Gasteiger partial charge is 0.0939 e. The first-order valence-electron chi connectivity index (χ1n) is 24.2. The summed E-state index contributed by atoms with van der Waals surface area (Å²) in [6.07, 6.45) is 3.96. The lowest BCUT2D eigenvalue weighted by Gasteiger charge is -2.39. The zero-order valence-corrected chi connectivity index (χ0v) is 39.0. The highest BCUT2D eigenvalue weighted by Crippen LogP contribution is 2.62. The van der Waals surface area contributed by atoms with E-state index in [4.69, 9.17) is 9.97 Å². The number of pyridine rings is 2. The molecule has 6 heteroatoms. The monoisotopic (exact) mass is 921 g/mol. The number of nitrogens with zero attached hydrogens (tertiary/aromatic N) is 5. The van der Waals surface area contributed by atoms with Crippen LogP contribution in [0, 0.1) is 0 Å². The van der Waals surface area contributed by atoms with Gasteiger partial charge >= 0.3 is 0 Å². The molecule has 1 aliphatic carbocycles. The van der Waals surface area contributed by atoms with Crippen LogP contribution in [0.3, 0.4) is 0 Å². The van der Waals surface area contributed by atoms with E-state index in [0.717, 1.165) is 50.6 Å². The van der Waals surface area contributed by atoms with E-state index in [1.165, 1.54) is 86.4 Å². The molecule has 5 aromatic heterocycles. The van der Waals surface area contributed by atoms with E-state index < -0.39 is 5.41 Å². The molecule has 0 bridgehead atoms. The fourth-order valence-corrected chi connectivity index (χ4v) is 13.6. The van der Waals surface area contributed by atoms with E-state index in [-0.39, 0.29) is 0 Å². The number of hydrogen-bond donors (Lipinski definition) is 0. The first kappa shape index (κ1) is 38.9. The highest BCUT2D eigenvalue weighted by molar-refractivity contribution is 7.99. The molecule has 0 saturated carbocycles. The lowest BCUT2D eigenvalue weighted by atomic mass is 9.67. The molecule has 14 aromatic rings. The van der Waals surface area contributed by atoms with Crippen LogP contribution < -0.4 is 0 Å². The molecule has 0 N–H and O–H groups in total. The van der Waals surface area contributed by atoms with Gasteiger partial charge in [0, 0.05) is 65.2 Å². The second kappa shape index (κ2) is 14.5. The summed E-state index contributed by atoms with van der Waals surface area (Å²) in [6.45, 7) is 0. The second-order valence-corrected chi connectivity index (χ2v) is 20.0. The van der Waals surface area contributed by atoms with Gasteiger partial charge < -0.3 is 13.7 Å². The number of aromatic nitrogens is 5. The normalized spacial score (nSPS) is 14.8. The molecule has 16 rings (SSSR count). The van der Waals surface area contributed by atoms with Gasteiger partial charge in [0.25, 0.3) is 0 Å². The van der Waals surface area contributed by atoms with Crippen LogP contribution in [-0.2, 0) is 5.41 Å². The number of rotatable bonds is 4. The van der Waals surface area contributed by atoms with Gasteiger partial charge in [-0.2, -0.15) is 0 Å². The van der Waals surface area contributed by atoms with Crippen molar-refractivity contribution >= 4 is 77.2 Å². The van der Waals surface area contributed by atoms with Gasteiger partial charge in [-0.25, -0.2) is 0 Å². The molecule has 71 heavy (non-hydrogen) atoms. The van der Waals surface area contributed by atoms with Crippen LogP contribution in [0.15, 0.2) is 247 Å². The van der Waals surface area contributed by atoms with Crippen LogP contribution in [-0.4, -0.2) is 23.7 Å².